The topological polar surface area (TPSA) is 44.6 Å². The van der Waals surface area contributed by atoms with Gasteiger partial charge in [-0.25, -0.2) is 5.06 Å². The lowest BCUT2D eigenvalue weighted by Crippen LogP contribution is -2.51. The molecule has 5 heteroatoms. The van der Waals surface area contributed by atoms with Crippen LogP contribution in [0.4, 0.5) is 0 Å². The molecule has 0 radical (unpaired) electrons. The van der Waals surface area contributed by atoms with Crippen molar-refractivity contribution in [3.63, 3.8) is 0 Å². The SMILES string of the molecule is CCON1C=C2C[N+](=O)CC(C)C2C2=CC=CNC21. The van der Waals surface area contributed by atoms with Crippen LogP contribution in [0.5, 0.6) is 0 Å². The summed E-state index contributed by atoms with van der Waals surface area (Å²) in [7, 11) is 0. The molecular formula is C14H20N3O2+. The monoisotopic (exact) mass is 262 g/mol. The molecule has 19 heavy (non-hydrogen) atoms. The van der Waals surface area contributed by atoms with Crippen LogP contribution in [0.1, 0.15) is 13.8 Å². The zero-order valence-electron chi connectivity index (χ0n) is 11.4. The predicted octanol–water partition coefficient (Wildman–Crippen LogP) is 1.55. The first-order valence-corrected chi connectivity index (χ1v) is 6.87. The van der Waals surface area contributed by atoms with E-state index in [9.17, 15) is 4.91 Å². The highest BCUT2D eigenvalue weighted by Gasteiger charge is 2.44. The third-order valence-electron chi connectivity index (χ3n) is 3.96. The Bertz CT molecular complexity index is 481. The second-order valence-corrected chi connectivity index (χ2v) is 5.35. The molecule has 102 valence electrons. The fraction of sp³-hybridized carbons (Fsp3) is 0.571. The Morgan fingerprint density at radius 2 is 2.42 bits per heavy atom. The van der Waals surface area contributed by atoms with Gasteiger partial charge in [0.25, 0.3) is 0 Å². The van der Waals surface area contributed by atoms with Crippen molar-refractivity contribution in [2.45, 2.75) is 20.0 Å². The third kappa shape index (κ3) is 2.08. The highest BCUT2D eigenvalue weighted by atomic mass is 16.7. The van der Waals surface area contributed by atoms with E-state index in [1.807, 2.05) is 30.5 Å². The molecule has 0 spiro atoms. The number of fused-ring (bicyclic) bond motifs is 3. The summed E-state index contributed by atoms with van der Waals surface area (Å²) in [6.07, 6.45) is 8.17. The van der Waals surface area contributed by atoms with Crippen LogP contribution in [0, 0.1) is 16.7 Å². The van der Waals surface area contributed by atoms with Gasteiger partial charge in [0, 0.05) is 33.3 Å². The number of hydrogen-bond acceptors (Lipinski definition) is 4. The number of rotatable bonds is 2. The fourth-order valence-corrected chi connectivity index (χ4v) is 3.31. The predicted molar refractivity (Wildman–Crippen MR) is 71.7 cm³/mol. The van der Waals surface area contributed by atoms with E-state index < -0.39 is 0 Å². The summed E-state index contributed by atoms with van der Waals surface area (Å²) in [6.45, 7) is 5.81. The Hall–Kier alpha value is -1.62. The van der Waals surface area contributed by atoms with Crippen molar-refractivity contribution in [3.8, 4) is 0 Å². The lowest BCUT2D eigenvalue weighted by atomic mass is 9.75. The second-order valence-electron chi connectivity index (χ2n) is 5.35. The van der Waals surface area contributed by atoms with Gasteiger partial charge in [0.1, 0.15) is 6.17 Å². The number of dihydropyridines is 1. The van der Waals surface area contributed by atoms with Crippen molar-refractivity contribution < 1.29 is 9.60 Å². The lowest BCUT2D eigenvalue weighted by Gasteiger charge is -2.43. The highest BCUT2D eigenvalue weighted by Crippen LogP contribution is 2.39. The van der Waals surface area contributed by atoms with Gasteiger partial charge in [-0.15, -0.1) is 0 Å². The number of nitroso groups, excluding NO2 is 1. The van der Waals surface area contributed by atoms with Crippen LogP contribution in [-0.2, 0) is 4.84 Å². The summed E-state index contributed by atoms with van der Waals surface area (Å²) in [5, 5.41) is 5.18. The summed E-state index contributed by atoms with van der Waals surface area (Å²) in [5.41, 5.74) is 2.45. The minimum Gasteiger partial charge on any atom is -0.366 e. The molecule has 3 aliphatic rings. The molecule has 3 atom stereocenters. The molecule has 0 bridgehead atoms. The summed E-state index contributed by atoms with van der Waals surface area (Å²) in [4.78, 5) is 17.4. The average molecular weight is 262 g/mol. The van der Waals surface area contributed by atoms with Crippen LogP contribution in [0.25, 0.3) is 0 Å². The zero-order chi connectivity index (χ0) is 13.4. The molecule has 0 aromatic carbocycles. The molecule has 3 heterocycles. The van der Waals surface area contributed by atoms with Gasteiger partial charge in [-0.3, -0.25) is 4.84 Å². The maximum Gasteiger partial charge on any atom is 0.215 e. The molecule has 3 unspecified atom stereocenters. The van der Waals surface area contributed by atoms with Gasteiger partial charge in [0.05, 0.1) is 6.61 Å². The maximum atomic E-state index is 11.7. The molecule has 3 aliphatic heterocycles. The molecule has 1 saturated heterocycles. The van der Waals surface area contributed by atoms with Gasteiger partial charge in [0.15, 0.2) is 6.54 Å². The fourth-order valence-electron chi connectivity index (χ4n) is 3.31. The molecule has 0 aliphatic carbocycles. The van der Waals surface area contributed by atoms with Gasteiger partial charge in [-0.05, 0) is 24.8 Å². The van der Waals surface area contributed by atoms with Crippen LogP contribution in [0.15, 0.2) is 35.7 Å². The minimum absolute atomic E-state index is 0.0550. The van der Waals surface area contributed by atoms with Crippen LogP contribution in [0.2, 0.25) is 0 Å². The normalized spacial score (nSPS) is 33.1. The Labute approximate surface area is 113 Å². The first-order valence-electron chi connectivity index (χ1n) is 6.87. The van der Waals surface area contributed by atoms with E-state index in [0.717, 1.165) is 10.3 Å². The second kappa shape index (κ2) is 4.81. The first-order chi connectivity index (χ1) is 9.20. The van der Waals surface area contributed by atoms with E-state index in [2.05, 4.69) is 18.3 Å². The molecule has 0 saturated carbocycles. The minimum atomic E-state index is 0.0550. The number of allylic oxidation sites excluding steroid dienone is 2. The van der Waals surface area contributed by atoms with Crippen molar-refractivity contribution in [2.75, 3.05) is 19.7 Å². The van der Waals surface area contributed by atoms with Gasteiger partial charge in [0.2, 0.25) is 6.54 Å². The number of hydroxylamine groups is 2. The van der Waals surface area contributed by atoms with Crippen molar-refractivity contribution in [3.05, 3.63) is 40.6 Å². The van der Waals surface area contributed by atoms with E-state index in [-0.39, 0.29) is 6.17 Å². The molecule has 0 aromatic rings. The summed E-state index contributed by atoms with van der Waals surface area (Å²) >= 11 is 0. The molecular weight excluding hydrogens is 242 g/mol. The summed E-state index contributed by atoms with van der Waals surface area (Å²) in [6, 6.07) is 0. The lowest BCUT2D eigenvalue weighted by molar-refractivity contribution is -0.557. The smallest absolute Gasteiger partial charge is 0.215 e. The van der Waals surface area contributed by atoms with Crippen LogP contribution < -0.4 is 5.32 Å². The quantitative estimate of drug-likeness (QED) is 0.767. The maximum absolute atomic E-state index is 11.7. The zero-order valence-corrected chi connectivity index (χ0v) is 11.4. The van der Waals surface area contributed by atoms with Gasteiger partial charge >= 0.3 is 0 Å². The van der Waals surface area contributed by atoms with Gasteiger partial charge in [-0.1, -0.05) is 13.0 Å². The summed E-state index contributed by atoms with van der Waals surface area (Å²) < 4.78 is 1.14. The van der Waals surface area contributed by atoms with E-state index >= 15 is 0 Å². The number of nitrogens with one attached hydrogen (secondary N) is 1. The van der Waals surface area contributed by atoms with Crippen LogP contribution in [-0.4, -0.2) is 35.7 Å². The van der Waals surface area contributed by atoms with E-state index in [1.54, 1.807) is 0 Å². The average Bonchev–Trinajstić information content (AvgIpc) is 2.38. The van der Waals surface area contributed by atoms with Crippen LogP contribution in [0.3, 0.4) is 0 Å². The third-order valence-corrected chi connectivity index (χ3v) is 3.96. The van der Waals surface area contributed by atoms with Gasteiger partial charge < -0.3 is 5.32 Å². The number of nitrogens with zero attached hydrogens (tertiary/aromatic N) is 2. The Balaban J connectivity index is 2.00. The number of piperidine rings is 1. The Morgan fingerprint density at radius 1 is 1.58 bits per heavy atom. The van der Waals surface area contributed by atoms with Crippen LogP contribution >= 0.6 is 0 Å². The molecule has 5 nitrogen and oxygen atoms in total. The highest BCUT2D eigenvalue weighted by molar-refractivity contribution is 5.35. The number of hydrogen-bond donors (Lipinski definition) is 1. The van der Waals surface area contributed by atoms with Crippen molar-refractivity contribution in [2.24, 2.45) is 11.8 Å². The standard InChI is InChI=1S/C14H20N3O2/c1-3-19-17-9-11-8-16(18)7-10(2)13(11)12-5-4-6-15-14(12)17/h4-6,9-10,13-15H,3,7-8H2,1-2H3/q+1. The van der Waals surface area contributed by atoms with E-state index in [4.69, 9.17) is 4.84 Å². The molecule has 0 amide bonds. The summed E-state index contributed by atoms with van der Waals surface area (Å²) in [5.74, 6) is 0.688. The van der Waals surface area contributed by atoms with E-state index in [1.165, 1.54) is 5.57 Å². The molecule has 1 fully saturated rings. The molecule has 3 rings (SSSR count). The molecule has 1 N–H and O–H groups in total. The van der Waals surface area contributed by atoms with Crippen molar-refractivity contribution in [1.82, 2.24) is 10.4 Å². The Morgan fingerprint density at radius 3 is 3.21 bits per heavy atom. The van der Waals surface area contributed by atoms with Gasteiger partial charge in [-0.2, -0.15) is 0 Å². The van der Waals surface area contributed by atoms with Crippen molar-refractivity contribution in [1.29, 1.82) is 0 Å². The Kier molecular flexibility index (Phi) is 3.14. The van der Waals surface area contributed by atoms with Crippen molar-refractivity contribution >= 4 is 0 Å². The molecule has 0 aromatic heterocycles. The van der Waals surface area contributed by atoms with E-state index in [0.29, 0.717) is 31.5 Å². The first kappa shape index (κ1) is 12.4. The largest absolute Gasteiger partial charge is 0.366 e.